The van der Waals surface area contributed by atoms with E-state index in [-0.39, 0.29) is 24.5 Å². The molecule has 0 bridgehead atoms. The predicted molar refractivity (Wildman–Crippen MR) is 81.7 cm³/mol. The van der Waals surface area contributed by atoms with Crippen molar-refractivity contribution < 1.29 is 32.6 Å². The third-order valence-corrected chi connectivity index (χ3v) is 3.40. The van der Waals surface area contributed by atoms with Gasteiger partial charge >= 0.3 is 12.3 Å². The Morgan fingerprint density at radius 1 is 1.29 bits per heavy atom. The minimum atomic E-state index is -4.82. The van der Waals surface area contributed by atoms with Crippen LogP contribution in [0, 0.1) is 5.92 Å². The van der Waals surface area contributed by atoms with Gasteiger partial charge in [-0.25, -0.2) is 0 Å². The standard InChI is InChI=1S/C15H14F3NO4.ClH/c16-15(17,18)23-12-4-2-1-3-10(12)5-6-13(20)19-8-7-11(9-19)14(21)22;/h1-6,11H,7-9H2,(H,21,22);1H. The molecule has 1 amide bonds. The van der Waals surface area contributed by atoms with Gasteiger partial charge in [0.1, 0.15) is 5.75 Å². The van der Waals surface area contributed by atoms with Gasteiger partial charge in [-0.05, 0) is 18.6 Å². The Labute approximate surface area is 142 Å². The second-order valence-corrected chi connectivity index (χ2v) is 5.03. The smallest absolute Gasteiger partial charge is 0.481 e. The quantitative estimate of drug-likeness (QED) is 0.833. The van der Waals surface area contributed by atoms with E-state index in [0.717, 1.165) is 12.1 Å². The topological polar surface area (TPSA) is 66.8 Å². The molecule has 0 aromatic heterocycles. The summed E-state index contributed by atoms with van der Waals surface area (Å²) in [6.45, 7) is 0.403. The number of nitrogens with zero attached hydrogens (tertiary/aromatic N) is 1. The van der Waals surface area contributed by atoms with Crippen LogP contribution >= 0.6 is 12.4 Å². The fourth-order valence-electron chi connectivity index (χ4n) is 2.26. The van der Waals surface area contributed by atoms with Gasteiger partial charge in [0.05, 0.1) is 5.92 Å². The van der Waals surface area contributed by atoms with Crippen molar-refractivity contribution in [1.29, 1.82) is 0 Å². The number of aliphatic carboxylic acids is 1. The number of para-hydroxylation sites is 1. The maximum absolute atomic E-state index is 12.3. The van der Waals surface area contributed by atoms with E-state index in [4.69, 9.17) is 5.11 Å². The van der Waals surface area contributed by atoms with E-state index in [1.165, 1.54) is 29.2 Å². The monoisotopic (exact) mass is 365 g/mol. The Bertz CT molecular complexity index is 633. The Kier molecular flexibility index (Phi) is 6.65. The molecule has 0 radical (unpaired) electrons. The van der Waals surface area contributed by atoms with Gasteiger partial charge in [0.2, 0.25) is 5.91 Å². The first-order chi connectivity index (χ1) is 10.8. The van der Waals surface area contributed by atoms with E-state index in [1.807, 2.05) is 0 Å². The van der Waals surface area contributed by atoms with Crippen LogP contribution in [0.15, 0.2) is 30.3 Å². The molecule has 0 spiro atoms. The molecule has 1 N–H and O–H groups in total. The number of benzene rings is 1. The molecule has 1 heterocycles. The number of carboxylic acids is 1. The number of amides is 1. The predicted octanol–water partition coefficient (Wildman–Crippen LogP) is 2.95. The minimum absolute atomic E-state index is 0. The van der Waals surface area contributed by atoms with Crippen molar-refractivity contribution in [2.75, 3.05) is 13.1 Å². The zero-order valence-electron chi connectivity index (χ0n) is 12.3. The van der Waals surface area contributed by atoms with E-state index in [1.54, 1.807) is 0 Å². The fraction of sp³-hybridized carbons (Fsp3) is 0.333. The van der Waals surface area contributed by atoms with Crippen molar-refractivity contribution in [3.63, 3.8) is 0 Å². The van der Waals surface area contributed by atoms with Crippen LogP contribution in [-0.4, -0.2) is 41.3 Å². The lowest BCUT2D eigenvalue weighted by Gasteiger charge is -2.13. The molecule has 0 aliphatic carbocycles. The summed E-state index contributed by atoms with van der Waals surface area (Å²) in [6.07, 6.45) is -2.12. The van der Waals surface area contributed by atoms with Gasteiger partial charge in [-0.1, -0.05) is 18.2 Å². The van der Waals surface area contributed by atoms with Crippen molar-refractivity contribution in [1.82, 2.24) is 4.90 Å². The number of alkyl halides is 3. The van der Waals surface area contributed by atoms with E-state index < -0.39 is 29.9 Å². The van der Waals surface area contributed by atoms with Crippen LogP contribution in [0.1, 0.15) is 12.0 Å². The van der Waals surface area contributed by atoms with Gasteiger partial charge < -0.3 is 14.7 Å². The lowest BCUT2D eigenvalue weighted by atomic mass is 10.1. The summed E-state index contributed by atoms with van der Waals surface area (Å²) in [5.74, 6) is -2.43. The highest BCUT2D eigenvalue weighted by molar-refractivity contribution is 5.92. The van der Waals surface area contributed by atoms with Crippen molar-refractivity contribution in [3.8, 4) is 5.75 Å². The van der Waals surface area contributed by atoms with Gasteiger partial charge in [-0.2, -0.15) is 0 Å². The Hall–Kier alpha value is -2.22. The SMILES string of the molecule is Cl.O=C(O)C1CCN(C(=O)C=Cc2ccccc2OC(F)(F)F)C1. The van der Waals surface area contributed by atoms with Crippen molar-refractivity contribution in [3.05, 3.63) is 35.9 Å². The Morgan fingerprint density at radius 3 is 2.54 bits per heavy atom. The van der Waals surface area contributed by atoms with Gasteiger partial charge in [0.15, 0.2) is 0 Å². The number of halogens is 4. The highest BCUT2D eigenvalue weighted by Crippen LogP contribution is 2.27. The number of carboxylic acid groups (broad SMARTS) is 1. The molecule has 1 aromatic carbocycles. The molecule has 24 heavy (non-hydrogen) atoms. The summed E-state index contributed by atoms with van der Waals surface area (Å²) in [4.78, 5) is 24.2. The summed E-state index contributed by atoms with van der Waals surface area (Å²) >= 11 is 0. The molecule has 9 heteroatoms. The van der Waals surface area contributed by atoms with Crippen LogP contribution in [0.5, 0.6) is 5.75 Å². The maximum atomic E-state index is 12.3. The highest BCUT2D eigenvalue weighted by atomic mass is 35.5. The molecule has 1 aliphatic heterocycles. The number of carbonyl (C=O) groups excluding carboxylic acids is 1. The fourth-order valence-corrected chi connectivity index (χ4v) is 2.26. The molecule has 1 aromatic rings. The van der Waals surface area contributed by atoms with Crippen LogP contribution < -0.4 is 4.74 Å². The molecule has 2 rings (SSSR count). The summed E-state index contributed by atoms with van der Waals surface area (Å²) < 4.78 is 40.8. The summed E-state index contributed by atoms with van der Waals surface area (Å²) in [5, 5.41) is 8.89. The van der Waals surface area contributed by atoms with Gasteiger partial charge in [0, 0.05) is 24.7 Å². The number of ether oxygens (including phenoxy) is 1. The average Bonchev–Trinajstić information content (AvgIpc) is 2.94. The van der Waals surface area contributed by atoms with Gasteiger partial charge in [0.25, 0.3) is 0 Å². The number of rotatable bonds is 4. The van der Waals surface area contributed by atoms with Gasteiger partial charge in [-0.15, -0.1) is 25.6 Å². The van der Waals surface area contributed by atoms with E-state index in [9.17, 15) is 22.8 Å². The van der Waals surface area contributed by atoms with E-state index in [0.29, 0.717) is 13.0 Å². The third kappa shape index (κ3) is 5.45. The molecule has 1 aliphatic rings. The number of hydrogen-bond donors (Lipinski definition) is 1. The molecule has 1 saturated heterocycles. The molecular weight excluding hydrogens is 351 g/mol. The maximum Gasteiger partial charge on any atom is 0.573 e. The van der Waals surface area contributed by atoms with Crippen LogP contribution in [0.3, 0.4) is 0 Å². The van der Waals surface area contributed by atoms with Crippen LogP contribution in [0.2, 0.25) is 0 Å². The average molecular weight is 366 g/mol. The van der Waals surface area contributed by atoms with Crippen LogP contribution in [-0.2, 0) is 9.59 Å². The summed E-state index contributed by atoms with van der Waals surface area (Å²) in [6, 6.07) is 5.44. The summed E-state index contributed by atoms with van der Waals surface area (Å²) in [7, 11) is 0. The lowest BCUT2D eigenvalue weighted by Crippen LogP contribution is -2.28. The second-order valence-electron chi connectivity index (χ2n) is 5.03. The molecular formula is C15H15ClF3NO4. The molecule has 5 nitrogen and oxygen atoms in total. The summed E-state index contributed by atoms with van der Waals surface area (Å²) in [5.41, 5.74) is 0.104. The first-order valence-corrected chi connectivity index (χ1v) is 6.81. The first kappa shape index (κ1) is 19.8. The van der Waals surface area contributed by atoms with Crippen molar-refractivity contribution in [2.24, 2.45) is 5.92 Å². The lowest BCUT2D eigenvalue weighted by molar-refractivity contribution is -0.274. The molecule has 0 saturated carbocycles. The second kappa shape index (κ2) is 8.05. The molecule has 1 fully saturated rings. The number of likely N-dealkylation sites (tertiary alicyclic amines) is 1. The Balaban J connectivity index is 0.00000288. The van der Waals surface area contributed by atoms with Crippen LogP contribution in [0.25, 0.3) is 6.08 Å². The van der Waals surface area contributed by atoms with E-state index >= 15 is 0 Å². The number of hydrogen-bond acceptors (Lipinski definition) is 3. The first-order valence-electron chi connectivity index (χ1n) is 6.81. The third-order valence-electron chi connectivity index (χ3n) is 3.40. The molecule has 1 atom stereocenters. The highest BCUT2D eigenvalue weighted by Gasteiger charge is 2.32. The number of carbonyl (C=O) groups is 2. The minimum Gasteiger partial charge on any atom is -0.481 e. The van der Waals surface area contributed by atoms with Crippen LogP contribution in [0.4, 0.5) is 13.2 Å². The zero-order chi connectivity index (χ0) is 17.0. The molecule has 132 valence electrons. The molecule has 1 unspecified atom stereocenters. The normalized spacial score (nSPS) is 17.6. The zero-order valence-corrected chi connectivity index (χ0v) is 13.1. The van der Waals surface area contributed by atoms with Gasteiger partial charge in [-0.3, -0.25) is 9.59 Å². The van der Waals surface area contributed by atoms with Crippen molar-refractivity contribution in [2.45, 2.75) is 12.8 Å². The van der Waals surface area contributed by atoms with Crippen molar-refractivity contribution >= 4 is 30.4 Å². The Morgan fingerprint density at radius 2 is 1.96 bits per heavy atom. The van der Waals surface area contributed by atoms with E-state index in [2.05, 4.69) is 4.74 Å². The largest absolute Gasteiger partial charge is 0.573 e.